The molecule has 2 N–H and O–H groups in total. The predicted molar refractivity (Wildman–Crippen MR) is 119 cm³/mol. The van der Waals surface area contributed by atoms with E-state index in [2.05, 4.69) is 10.6 Å². The average Bonchev–Trinajstić information content (AvgIpc) is 2.76. The molecule has 0 aliphatic rings. The Morgan fingerprint density at radius 2 is 1.70 bits per heavy atom. The van der Waals surface area contributed by atoms with Crippen molar-refractivity contribution in [2.75, 3.05) is 5.32 Å². The number of carbonyl (C=O) groups excluding carboxylic acids is 2. The van der Waals surface area contributed by atoms with Crippen LogP contribution in [0.15, 0.2) is 78.9 Å². The van der Waals surface area contributed by atoms with E-state index < -0.39 is 6.10 Å². The third-order valence-corrected chi connectivity index (χ3v) is 4.62. The number of rotatable bonds is 8. The smallest absolute Gasteiger partial charge is 0.265 e. The molecule has 1 atom stereocenters. The van der Waals surface area contributed by atoms with Gasteiger partial charge in [-0.05, 0) is 54.8 Å². The normalized spacial score (nSPS) is 11.4. The zero-order valence-corrected chi connectivity index (χ0v) is 17.2. The Labute approximate surface area is 177 Å². The van der Waals surface area contributed by atoms with Gasteiger partial charge in [0.25, 0.3) is 11.8 Å². The Morgan fingerprint density at radius 3 is 2.43 bits per heavy atom. The van der Waals surface area contributed by atoms with Crippen molar-refractivity contribution in [2.24, 2.45) is 0 Å². The molecule has 0 aliphatic heterocycles. The molecule has 0 fully saturated rings. The van der Waals surface area contributed by atoms with Crippen LogP contribution in [0.4, 0.5) is 5.69 Å². The molecule has 0 aliphatic carbocycles. The number of aryl methyl sites for hydroxylation is 1. The molecule has 1 unspecified atom stereocenters. The number of hydrogen-bond donors (Lipinski definition) is 2. The van der Waals surface area contributed by atoms with E-state index in [4.69, 9.17) is 4.74 Å². The summed E-state index contributed by atoms with van der Waals surface area (Å²) in [5, 5.41) is 5.74. The highest BCUT2D eigenvalue weighted by Gasteiger charge is 2.19. The zero-order chi connectivity index (χ0) is 21.3. The first-order valence-electron chi connectivity index (χ1n) is 10.0. The standard InChI is InChI=1S/C25H26N2O3/c1-3-23(30-22-14-7-9-18(2)15-22)25(29)27-21-13-8-12-20(16-21)24(28)26-17-19-10-5-4-6-11-19/h4-16,23H,3,17H2,1-2H3,(H,26,28)(H,27,29). The Hall–Kier alpha value is -3.60. The van der Waals surface area contributed by atoms with Gasteiger partial charge in [-0.15, -0.1) is 0 Å². The van der Waals surface area contributed by atoms with E-state index in [0.29, 0.717) is 30.0 Å². The molecule has 3 rings (SSSR count). The maximum Gasteiger partial charge on any atom is 0.265 e. The SMILES string of the molecule is CCC(Oc1cccc(C)c1)C(=O)Nc1cccc(C(=O)NCc2ccccc2)c1. The second-order valence-electron chi connectivity index (χ2n) is 7.07. The van der Waals surface area contributed by atoms with Gasteiger partial charge in [0.2, 0.25) is 0 Å². The summed E-state index contributed by atoms with van der Waals surface area (Å²) in [7, 11) is 0. The predicted octanol–water partition coefficient (Wildman–Crippen LogP) is 4.72. The van der Waals surface area contributed by atoms with Crippen LogP contribution in [0.2, 0.25) is 0 Å². The van der Waals surface area contributed by atoms with Crippen LogP contribution < -0.4 is 15.4 Å². The first kappa shape index (κ1) is 21.1. The van der Waals surface area contributed by atoms with Crippen molar-refractivity contribution >= 4 is 17.5 Å². The number of hydrogen-bond acceptors (Lipinski definition) is 3. The molecule has 0 heterocycles. The van der Waals surface area contributed by atoms with Gasteiger partial charge in [0.15, 0.2) is 6.10 Å². The summed E-state index contributed by atoms with van der Waals surface area (Å²) in [6, 6.07) is 24.2. The van der Waals surface area contributed by atoms with Crippen molar-refractivity contribution in [2.45, 2.75) is 32.9 Å². The van der Waals surface area contributed by atoms with Crippen LogP contribution in [0, 0.1) is 6.92 Å². The van der Waals surface area contributed by atoms with Gasteiger partial charge >= 0.3 is 0 Å². The van der Waals surface area contributed by atoms with Crippen LogP contribution >= 0.6 is 0 Å². The molecule has 0 radical (unpaired) electrons. The largest absolute Gasteiger partial charge is 0.481 e. The summed E-state index contributed by atoms with van der Waals surface area (Å²) in [5.74, 6) is 0.213. The lowest BCUT2D eigenvalue weighted by Crippen LogP contribution is -2.32. The monoisotopic (exact) mass is 402 g/mol. The molecule has 3 aromatic carbocycles. The number of benzene rings is 3. The van der Waals surface area contributed by atoms with Crippen molar-refractivity contribution < 1.29 is 14.3 Å². The van der Waals surface area contributed by atoms with Crippen molar-refractivity contribution in [1.29, 1.82) is 0 Å². The minimum absolute atomic E-state index is 0.196. The van der Waals surface area contributed by atoms with Crippen LogP contribution in [-0.2, 0) is 11.3 Å². The second-order valence-corrected chi connectivity index (χ2v) is 7.07. The Balaban J connectivity index is 1.61. The van der Waals surface area contributed by atoms with Crippen molar-refractivity contribution in [3.8, 4) is 5.75 Å². The quantitative estimate of drug-likeness (QED) is 0.573. The van der Waals surface area contributed by atoms with E-state index in [0.717, 1.165) is 11.1 Å². The van der Waals surface area contributed by atoms with Gasteiger partial charge in [-0.1, -0.05) is 55.5 Å². The average molecular weight is 402 g/mol. The fourth-order valence-electron chi connectivity index (χ4n) is 3.02. The van der Waals surface area contributed by atoms with E-state index >= 15 is 0 Å². The Kier molecular flexibility index (Phi) is 7.22. The highest BCUT2D eigenvalue weighted by atomic mass is 16.5. The highest BCUT2D eigenvalue weighted by molar-refractivity contribution is 5.98. The van der Waals surface area contributed by atoms with Gasteiger partial charge in [-0.25, -0.2) is 0 Å². The van der Waals surface area contributed by atoms with Crippen LogP contribution in [0.1, 0.15) is 34.8 Å². The van der Waals surface area contributed by atoms with E-state index in [1.807, 2.05) is 68.4 Å². The summed E-state index contributed by atoms with van der Waals surface area (Å²) >= 11 is 0. The van der Waals surface area contributed by atoms with E-state index in [-0.39, 0.29) is 11.8 Å². The second kappa shape index (κ2) is 10.3. The van der Waals surface area contributed by atoms with Gasteiger partial charge in [0.1, 0.15) is 5.75 Å². The lowest BCUT2D eigenvalue weighted by molar-refractivity contribution is -0.122. The molecule has 0 saturated carbocycles. The van der Waals surface area contributed by atoms with E-state index in [9.17, 15) is 9.59 Å². The summed E-state index contributed by atoms with van der Waals surface area (Å²) in [5.41, 5.74) is 3.13. The lowest BCUT2D eigenvalue weighted by atomic mass is 10.1. The molecular weight excluding hydrogens is 376 g/mol. The molecule has 2 amide bonds. The highest BCUT2D eigenvalue weighted by Crippen LogP contribution is 2.17. The molecule has 0 aromatic heterocycles. The van der Waals surface area contributed by atoms with Crippen molar-refractivity contribution in [3.05, 3.63) is 95.6 Å². The Morgan fingerprint density at radius 1 is 0.933 bits per heavy atom. The molecule has 0 bridgehead atoms. The zero-order valence-electron chi connectivity index (χ0n) is 17.2. The first-order chi connectivity index (χ1) is 14.5. The molecule has 5 nitrogen and oxygen atoms in total. The fraction of sp³-hybridized carbons (Fsp3) is 0.200. The summed E-state index contributed by atoms with van der Waals surface area (Å²) in [4.78, 5) is 25.2. The number of amides is 2. The van der Waals surface area contributed by atoms with Gasteiger partial charge in [-0.3, -0.25) is 9.59 Å². The molecule has 154 valence electrons. The van der Waals surface area contributed by atoms with Crippen molar-refractivity contribution in [1.82, 2.24) is 5.32 Å². The van der Waals surface area contributed by atoms with Crippen LogP contribution in [0.3, 0.4) is 0 Å². The molecular formula is C25H26N2O3. The summed E-state index contributed by atoms with van der Waals surface area (Å²) in [6.07, 6.45) is -0.0980. The fourth-order valence-corrected chi connectivity index (χ4v) is 3.02. The number of ether oxygens (including phenoxy) is 1. The number of nitrogens with one attached hydrogen (secondary N) is 2. The van der Waals surface area contributed by atoms with Crippen molar-refractivity contribution in [3.63, 3.8) is 0 Å². The molecule has 0 spiro atoms. The van der Waals surface area contributed by atoms with E-state index in [1.165, 1.54) is 0 Å². The van der Waals surface area contributed by atoms with Gasteiger partial charge in [0, 0.05) is 17.8 Å². The van der Waals surface area contributed by atoms with Gasteiger partial charge in [0.05, 0.1) is 0 Å². The molecule has 30 heavy (non-hydrogen) atoms. The van der Waals surface area contributed by atoms with Gasteiger partial charge in [-0.2, -0.15) is 0 Å². The third-order valence-electron chi connectivity index (χ3n) is 4.62. The maximum absolute atomic E-state index is 12.7. The first-order valence-corrected chi connectivity index (χ1v) is 10.0. The van der Waals surface area contributed by atoms with Gasteiger partial charge < -0.3 is 15.4 Å². The molecule has 3 aromatic rings. The van der Waals surface area contributed by atoms with Crippen LogP contribution in [-0.4, -0.2) is 17.9 Å². The number of anilines is 1. The van der Waals surface area contributed by atoms with E-state index in [1.54, 1.807) is 24.3 Å². The third kappa shape index (κ3) is 5.95. The minimum atomic E-state index is -0.623. The number of carbonyl (C=O) groups is 2. The lowest BCUT2D eigenvalue weighted by Gasteiger charge is -2.18. The minimum Gasteiger partial charge on any atom is -0.481 e. The molecule has 5 heteroatoms. The topological polar surface area (TPSA) is 67.4 Å². The summed E-state index contributed by atoms with van der Waals surface area (Å²) in [6.45, 7) is 4.31. The maximum atomic E-state index is 12.7. The summed E-state index contributed by atoms with van der Waals surface area (Å²) < 4.78 is 5.85. The van der Waals surface area contributed by atoms with Crippen LogP contribution in [0.25, 0.3) is 0 Å². The van der Waals surface area contributed by atoms with Crippen LogP contribution in [0.5, 0.6) is 5.75 Å². The Bertz CT molecular complexity index is 1000. The molecule has 0 saturated heterocycles.